The van der Waals surface area contributed by atoms with Crippen molar-refractivity contribution in [2.45, 2.75) is 6.18 Å². The molecule has 0 bridgehead atoms. The predicted molar refractivity (Wildman–Crippen MR) is 109 cm³/mol. The third-order valence-corrected chi connectivity index (χ3v) is 6.32. The molecule has 3 heterocycles. The lowest BCUT2D eigenvalue weighted by Crippen LogP contribution is -2.29. The van der Waals surface area contributed by atoms with Crippen molar-refractivity contribution in [3.05, 3.63) is 65.5 Å². The largest absolute Gasteiger partial charge is 0.619 e. The van der Waals surface area contributed by atoms with Crippen molar-refractivity contribution >= 4 is 15.7 Å². The summed E-state index contributed by atoms with van der Waals surface area (Å²) in [5, 5.41) is 15.9. The Hall–Kier alpha value is -3.68. The number of amides is 1. The lowest BCUT2D eigenvalue weighted by Gasteiger charge is -2.12. The van der Waals surface area contributed by atoms with E-state index in [0.29, 0.717) is 4.73 Å². The molecule has 0 aliphatic carbocycles. The number of carbonyl (C=O) groups excluding carboxylic acids is 1. The Balaban J connectivity index is 1.78. The van der Waals surface area contributed by atoms with E-state index in [4.69, 9.17) is 0 Å². The molecule has 0 unspecified atom stereocenters. The van der Waals surface area contributed by atoms with E-state index in [0.717, 1.165) is 34.0 Å². The maximum absolute atomic E-state index is 14.2. The number of ether oxygens (including phenoxy) is 1. The molecule has 0 N–H and O–H groups in total. The summed E-state index contributed by atoms with van der Waals surface area (Å²) in [5.74, 6) is -2.73. The van der Waals surface area contributed by atoms with Crippen LogP contribution in [0.5, 0.6) is 5.75 Å². The number of nitrogens with zero attached hydrogens (tertiary/aromatic N) is 4. The first-order valence-electron chi connectivity index (χ1n) is 9.70. The van der Waals surface area contributed by atoms with Gasteiger partial charge in [-0.05, 0) is 24.3 Å². The highest BCUT2D eigenvalue weighted by atomic mass is 32.2. The molecule has 3 aromatic rings. The zero-order valence-corrected chi connectivity index (χ0v) is 18.0. The van der Waals surface area contributed by atoms with Crippen LogP contribution in [0.15, 0.2) is 48.8 Å². The molecule has 1 aromatic carbocycles. The van der Waals surface area contributed by atoms with Crippen molar-refractivity contribution < 1.29 is 40.2 Å². The van der Waals surface area contributed by atoms with Gasteiger partial charge in [-0.2, -0.15) is 23.0 Å². The minimum absolute atomic E-state index is 0.0130. The molecule has 1 amide bonds. The van der Waals surface area contributed by atoms with Crippen LogP contribution in [0.1, 0.15) is 10.5 Å². The summed E-state index contributed by atoms with van der Waals surface area (Å²) in [5.41, 5.74) is 0.0464. The number of sulfone groups is 1. The van der Waals surface area contributed by atoms with Gasteiger partial charge in [0.05, 0.1) is 11.4 Å². The topological polar surface area (TPSA) is 108 Å². The van der Waals surface area contributed by atoms with Gasteiger partial charge in [0.2, 0.25) is 6.20 Å². The van der Waals surface area contributed by atoms with Crippen molar-refractivity contribution in [1.29, 1.82) is 0 Å². The number of alkyl halides is 3. The first-order valence-corrected chi connectivity index (χ1v) is 11.5. The molecule has 4 rings (SSSR count). The van der Waals surface area contributed by atoms with Crippen LogP contribution in [0, 0.1) is 11.0 Å². The molecule has 0 spiro atoms. The molecule has 180 valence electrons. The van der Waals surface area contributed by atoms with E-state index in [1.807, 2.05) is 0 Å². The average molecular weight is 500 g/mol. The molecule has 9 nitrogen and oxygen atoms in total. The van der Waals surface area contributed by atoms with Gasteiger partial charge in [0.25, 0.3) is 5.91 Å². The average Bonchev–Trinajstić information content (AvgIpc) is 3.34. The molecule has 14 heteroatoms. The molecular formula is C20H16F4N4O5S. The number of hydrogen-bond acceptors (Lipinski definition) is 6. The van der Waals surface area contributed by atoms with Crippen LogP contribution in [0.3, 0.4) is 0 Å². The van der Waals surface area contributed by atoms with E-state index in [-0.39, 0.29) is 34.9 Å². The van der Waals surface area contributed by atoms with Crippen LogP contribution in [-0.4, -0.2) is 60.0 Å². The molecule has 34 heavy (non-hydrogen) atoms. The summed E-state index contributed by atoms with van der Waals surface area (Å²) in [6.45, 7) is -1.68. The zero-order chi connectivity index (χ0) is 24.7. The van der Waals surface area contributed by atoms with Gasteiger partial charge in [0, 0.05) is 24.2 Å². The quantitative estimate of drug-likeness (QED) is 0.302. The van der Waals surface area contributed by atoms with Crippen LogP contribution < -0.4 is 9.47 Å². The minimum atomic E-state index is -4.64. The van der Waals surface area contributed by atoms with Gasteiger partial charge in [-0.25, -0.2) is 17.5 Å². The summed E-state index contributed by atoms with van der Waals surface area (Å²) < 4.78 is 81.6. The van der Waals surface area contributed by atoms with Crippen molar-refractivity contribution in [3.63, 3.8) is 0 Å². The lowest BCUT2D eigenvalue weighted by molar-refractivity contribution is -0.605. The standard InChI is InChI=1S/C20H16F4N4O5S/c21-14-6-13(7-16(8-14)33-11-20(22,23)24)18-9-17(19(29)26-4-5-34(31,32)12-26)25-28(18)15-2-1-3-27(30)10-15/h1-3,6-10H,4-5,11-12H2. The van der Waals surface area contributed by atoms with Crippen LogP contribution >= 0.6 is 0 Å². The second-order valence-electron chi connectivity index (χ2n) is 7.47. The highest BCUT2D eigenvalue weighted by molar-refractivity contribution is 7.91. The second-order valence-corrected chi connectivity index (χ2v) is 9.63. The van der Waals surface area contributed by atoms with Gasteiger partial charge >= 0.3 is 6.18 Å². The molecule has 1 saturated heterocycles. The summed E-state index contributed by atoms with van der Waals surface area (Å²) in [7, 11) is -3.42. The smallest absolute Gasteiger partial charge is 0.422 e. The Morgan fingerprint density at radius 2 is 2.00 bits per heavy atom. The van der Waals surface area contributed by atoms with Crippen LogP contribution in [-0.2, 0) is 9.84 Å². The number of rotatable bonds is 5. The Kier molecular flexibility index (Phi) is 5.93. The monoisotopic (exact) mass is 500 g/mol. The molecular weight excluding hydrogens is 484 g/mol. The maximum Gasteiger partial charge on any atom is 0.422 e. The fraction of sp³-hybridized carbons (Fsp3) is 0.250. The number of carbonyl (C=O) groups is 1. The van der Waals surface area contributed by atoms with E-state index < -0.39 is 46.0 Å². The summed E-state index contributed by atoms with van der Waals surface area (Å²) in [4.78, 5) is 13.9. The van der Waals surface area contributed by atoms with Gasteiger partial charge < -0.3 is 14.8 Å². The second kappa shape index (κ2) is 8.59. The zero-order valence-electron chi connectivity index (χ0n) is 17.2. The fourth-order valence-electron chi connectivity index (χ4n) is 3.35. The molecule has 1 aliphatic heterocycles. The van der Waals surface area contributed by atoms with Gasteiger partial charge in [0.15, 0.2) is 28.3 Å². The number of pyridine rings is 1. The number of halogens is 4. The molecule has 0 radical (unpaired) electrons. The predicted octanol–water partition coefficient (Wildman–Crippen LogP) is 2.08. The molecule has 1 fully saturated rings. The van der Waals surface area contributed by atoms with Gasteiger partial charge in [-0.15, -0.1) is 0 Å². The van der Waals surface area contributed by atoms with Crippen LogP contribution in [0.2, 0.25) is 0 Å². The molecule has 2 aromatic heterocycles. The van der Waals surface area contributed by atoms with E-state index >= 15 is 0 Å². The maximum atomic E-state index is 14.2. The van der Waals surface area contributed by atoms with E-state index in [1.165, 1.54) is 24.4 Å². The van der Waals surface area contributed by atoms with Crippen LogP contribution in [0.4, 0.5) is 17.6 Å². The molecule has 0 atom stereocenters. The number of hydrogen-bond donors (Lipinski definition) is 0. The van der Waals surface area contributed by atoms with E-state index in [9.17, 15) is 36.0 Å². The summed E-state index contributed by atoms with van der Waals surface area (Å²) >= 11 is 0. The molecule has 0 saturated carbocycles. The Bertz CT molecular complexity index is 1360. The Labute approximate surface area is 190 Å². The van der Waals surface area contributed by atoms with Crippen molar-refractivity contribution in [3.8, 4) is 22.7 Å². The fourth-order valence-corrected chi connectivity index (χ4v) is 4.70. The SMILES string of the molecule is O=C(c1cc(-c2cc(F)cc(OCC(F)(F)F)c2)n(-c2ccc[n+]([O-])c2)n1)N1CCS(=O)(=O)C1. The normalized spacial score (nSPS) is 15.5. The lowest BCUT2D eigenvalue weighted by atomic mass is 10.1. The van der Waals surface area contributed by atoms with Gasteiger partial charge in [-0.1, -0.05) is 0 Å². The number of benzene rings is 1. The van der Waals surface area contributed by atoms with E-state index in [2.05, 4.69) is 9.84 Å². The third kappa shape index (κ3) is 5.27. The molecule has 1 aliphatic rings. The minimum Gasteiger partial charge on any atom is -0.619 e. The summed E-state index contributed by atoms with van der Waals surface area (Å²) in [6, 6.07) is 7.00. The van der Waals surface area contributed by atoms with Crippen LogP contribution in [0.25, 0.3) is 16.9 Å². The Morgan fingerprint density at radius 1 is 1.24 bits per heavy atom. The van der Waals surface area contributed by atoms with Crippen molar-refractivity contribution in [2.24, 2.45) is 0 Å². The van der Waals surface area contributed by atoms with Gasteiger partial charge in [0.1, 0.15) is 23.1 Å². The summed E-state index contributed by atoms with van der Waals surface area (Å²) in [6.07, 6.45) is -2.33. The van der Waals surface area contributed by atoms with Crippen molar-refractivity contribution in [1.82, 2.24) is 14.7 Å². The highest BCUT2D eigenvalue weighted by Crippen LogP contribution is 2.30. The first kappa shape index (κ1) is 23.5. The number of aromatic nitrogens is 3. The Morgan fingerprint density at radius 3 is 2.65 bits per heavy atom. The van der Waals surface area contributed by atoms with Gasteiger partial charge in [-0.3, -0.25) is 4.79 Å². The van der Waals surface area contributed by atoms with E-state index in [1.54, 1.807) is 0 Å². The third-order valence-electron chi connectivity index (χ3n) is 4.81. The highest BCUT2D eigenvalue weighted by Gasteiger charge is 2.32. The first-order chi connectivity index (χ1) is 15.9. The van der Waals surface area contributed by atoms with Crippen molar-refractivity contribution in [2.75, 3.05) is 24.8 Å².